The number of hydrogen-bond acceptors (Lipinski definition) is 8. The number of aryl methyl sites for hydroxylation is 2. The molecule has 5 aromatic carbocycles. The molecule has 2 atom stereocenters. The van der Waals surface area contributed by atoms with Crippen LogP contribution in [0.4, 0.5) is 0 Å². The van der Waals surface area contributed by atoms with Crippen molar-refractivity contribution in [1.82, 2.24) is 9.97 Å². The van der Waals surface area contributed by atoms with Crippen LogP contribution in [0.1, 0.15) is 70.6 Å². The molecule has 0 aliphatic heterocycles. The van der Waals surface area contributed by atoms with Gasteiger partial charge in [-0.05, 0) is 60.4 Å². The Kier molecular flexibility index (Phi) is 11.0. The maximum absolute atomic E-state index is 11.8. The van der Waals surface area contributed by atoms with Crippen molar-refractivity contribution in [3.05, 3.63) is 120 Å². The van der Waals surface area contributed by atoms with Gasteiger partial charge in [0.05, 0.1) is 22.4 Å². The molecule has 0 bridgehead atoms. The van der Waals surface area contributed by atoms with Gasteiger partial charge in [0.25, 0.3) is 0 Å². The van der Waals surface area contributed by atoms with Crippen molar-refractivity contribution in [3.63, 3.8) is 0 Å². The van der Waals surface area contributed by atoms with Gasteiger partial charge in [-0.25, -0.2) is 9.97 Å². The van der Waals surface area contributed by atoms with E-state index in [4.69, 9.17) is 29.1 Å². The zero-order valence-electron chi connectivity index (χ0n) is 27.1. The first kappa shape index (κ1) is 34.2. The van der Waals surface area contributed by atoms with E-state index >= 15 is 0 Å². The van der Waals surface area contributed by atoms with Gasteiger partial charge in [-0.15, -0.1) is 0 Å². The molecule has 6 aromatic rings. The number of carbonyl (C=O) groups excluding carboxylic acids is 2. The molecule has 0 saturated heterocycles. The molecular weight excluding hydrogens is 655 g/mol. The molecule has 1 saturated carbocycles. The van der Waals surface area contributed by atoms with E-state index in [9.17, 15) is 9.59 Å². The largest absolute Gasteiger partial charge is 0.249 e. The summed E-state index contributed by atoms with van der Waals surface area (Å²) in [5, 5.41) is 4.99. The third-order valence-corrected chi connectivity index (χ3v) is 9.50. The Morgan fingerprint density at radius 3 is 1.18 bits per heavy atom. The monoisotopic (exact) mass is 693 g/mol. The number of ketones is 2. The number of nitrogens with zero attached hydrogens (tertiary/aromatic N) is 2. The second-order valence-electron chi connectivity index (χ2n) is 12.5. The summed E-state index contributed by atoms with van der Waals surface area (Å²) in [6.07, 6.45) is 9.41. The van der Waals surface area contributed by atoms with E-state index in [1.54, 1.807) is 24.3 Å². The van der Waals surface area contributed by atoms with Gasteiger partial charge in [0, 0.05) is 34.0 Å². The fourth-order valence-corrected chi connectivity index (χ4v) is 6.98. The van der Waals surface area contributed by atoms with Gasteiger partial charge in [-0.3, -0.25) is 9.59 Å². The van der Waals surface area contributed by atoms with E-state index in [1.807, 2.05) is 24.3 Å². The molecule has 9 rings (SSSR count). The predicted octanol–water partition coefficient (Wildman–Crippen LogP) is 7.52. The van der Waals surface area contributed by atoms with Crippen LogP contribution >= 0.6 is 0 Å². The van der Waals surface area contributed by atoms with Crippen LogP contribution in [0.25, 0.3) is 43.7 Å². The summed E-state index contributed by atoms with van der Waals surface area (Å²) < 4.78 is 16.8. The Morgan fingerprint density at radius 1 is 0.490 bits per heavy atom. The van der Waals surface area contributed by atoms with Crippen LogP contribution in [0.15, 0.2) is 97.1 Å². The van der Waals surface area contributed by atoms with Gasteiger partial charge in [0.15, 0.2) is 0 Å². The Balaban J connectivity index is 0.000000135. The summed E-state index contributed by atoms with van der Waals surface area (Å²) in [4.78, 5) is 33.7. The summed E-state index contributed by atoms with van der Waals surface area (Å²) >= 11 is -1.44. The molecular formula is C40H38MnN4O4. The first-order valence-corrected chi connectivity index (χ1v) is 17.7. The molecule has 249 valence electrons. The second kappa shape index (κ2) is 15.7. The van der Waals surface area contributed by atoms with Crippen molar-refractivity contribution >= 4 is 44.1 Å². The van der Waals surface area contributed by atoms with Gasteiger partial charge >= 0.3 is 22.5 Å². The van der Waals surface area contributed by atoms with Crippen LogP contribution in [0.3, 0.4) is 0 Å². The summed E-state index contributed by atoms with van der Waals surface area (Å²) in [6, 6.07) is 32.1. The molecule has 3 aliphatic carbocycles. The van der Waals surface area contributed by atoms with Gasteiger partial charge in [-0.2, -0.15) is 0 Å². The topological polar surface area (TPSA) is 146 Å². The predicted molar refractivity (Wildman–Crippen MR) is 188 cm³/mol. The fraction of sp³-hybridized carbons (Fsp3) is 0.250. The van der Waals surface area contributed by atoms with Crippen molar-refractivity contribution in [1.29, 1.82) is 0 Å². The minimum Gasteiger partial charge on any atom is -0.249 e. The third-order valence-electron chi connectivity index (χ3n) is 9.50. The minimum absolute atomic E-state index is 0.281. The second-order valence-corrected chi connectivity index (χ2v) is 12.7. The number of fused-ring (bicyclic) bond motifs is 10. The molecule has 2 unspecified atom stereocenters. The van der Waals surface area contributed by atoms with E-state index in [1.165, 1.54) is 58.6 Å². The maximum Gasteiger partial charge on any atom is 0.0975 e. The van der Waals surface area contributed by atoms with Crippen LogP contribution in [0.2, 0.25) is 0 Å². The Hall–Kier alpha value is -4.66. The van der Waals surface area contributed by atoms with Crippen molar-refractivity contribution in [2.45, 2.75) is 63.5 Å². The molecule has 49 heavy (non-hydrogen) atoms. The number of hydrogen-bond donors (Lipinski definition) is 2. The molecule has 1 heterocycles. The van der Waals surface area contributed by atoms with Crippen molar-refractivity contribution in [2.75, 3.05) is 0 Å². The van der Waals surface area contributed by atoms with Crippen molar-refractivity contribution in [2.24, 2.45) is 11.5 Å². The van der Waals surface area contributed by atoms with E-state index in [-0.39, 0.29) is 12.1 Å². The number of nitrogens with two attached hydrogens (primary N) is 2. The molecule has 0 spiro atoms. The SMILES string of the molecule is NC1CCCCC1N.O=C1C(=O)c2ccccc2-c2ccccc21.[O]=[Mn]=[O].c1ccc2c(c1)c1ccccc1c1nc3c(nc21)CCCC3. The normalized spacial score (nSPS) is 17.6. The van der Waals surface area contributed by atoms with E-state index in [2.05, 4.69) is 48.5 Å². The fourth-order valence-electron chi connectivity index (χ4n) is 6.98. The molecule has 9 heteroatoms. The minimum atomic E-state index is -1.44. The van der Waals surface area contributed by atoms with Crippen LogP contribution in [0.5, 0.6) is 0 Å². The average Bonchev–Trinajstić information content (AvgIpc) is 3.15. The average molecular weight is 694 g/mol. The standard InChI is InChI=1S/C20H16N2.C14H8O2.C6H14N2.Mn.2O/c1-3-9-15-13(7-1)14-8-2-4-10-16(14)20-19(15)21-17-11-5-6-12-18(17)22-20;15-13-11-7-3-1-5-9(11)10-6-2-4-8-12(10)14(13)16;7-5-3-1-2-4-6(5)8;;;/h1-4,7-10H,5-6,11-12H2;1-8H;5-6H,1-4,7-8H2;;;. The first-order chi connectivity index (χ1) is 23.9. The molecule has 1 fully saturated rings. The summed E-state index contributed by atoms with van der Waals surface area (Å²) in [6.45, 7) is 0. The first-order valence-electron chi connectivity index (χ1n) is 16.7. The molecule has 4 N–H and O–H groups in total. The maximum atomic E-state index is 11.8. The van der Waals surface area contributed by atoms with Crippen molar-refractivity contribution < 1.29 is 32.1 Å². The zero-order valence-corrected chi connectivity index (χ0v) is 28.3. The number of Topliss-reactive ketones (excluding diaryl/α,β-unsaturated/α-hetero) is 2. The van der Waals surface area contributed by atoms with Crippen LogP contribution < -0.4 is 11.5 Å². The quantitative estimate of drug-likeness (QED) is 0.0944. The third kappa shape index (κ3) is 7.21. The van der Waals surface area contributed by atoms with Gasteiger partial charge in [0.1, 0.15) is 0 Å². The van der Waals surface area contributed by atoms with E-state index in [0.717, 1.165) is 47.8 Å². The zero-order chi connectivity index (χ0) is 34.3. The van der Waals surface area contributed by atoms with Crippen LogP contribution in [-0.2, 0) is 35.3 Å². The summed E-state index contributed by atoms with van der Waals surface area (Å²) in [5.74, 6) is -0.816. The Bertz CT molecular complexity index is 2060. The summed E-state index contributed by atoms with van der Waals surface area (Å²) in [7, 11) is 0. The van der Waals surface area contributed by atoms with Gasteiger partial charge in [0.2, 0.25) is 11.6 Å². The van der Waals surface area contributed by atoms with Gasteiger partial charge < -0.3 is 11.5 Å². The molecule has 3 aliphatic rings. The van der Waals surface area contributed by atoms with Gasteiger partial charge in [-0.1, -0.05) is 110 Å². The molecule has 8 nitrogen and oxygen atoms in total. The van der Waals surface area contributed by atoms with Crippen LogP contribution in [0, 0.1) is 0 Å². The molecule has 0 amide bonds. The number of rotatable bonds is 0. The Morgan fingerprint density at radius 2 is 0.816 bits per heavy atom. The van der Waals surface area contributed by atoms with Crippen molar-refractivity contribution in [3.8, 4) is 11.1 Å². The summed E-state index contributed by atoms with van der Waals surface area (Å²) in [5.41, 5.74) is 18.6. The van der Waals surface area contributed by atoms with E-state index in [0.29, 0.717) is 11.1 Å². The molecule has 1 aromatic heterocycles. The number of carbonyl (C=O) groups is 2. The number of aromatic nitrogens is 2. The number of benzene rings is 5. The Labute approximate surface area is 290 Å². The van der Waals surface area contributed by atoms with E-state index < -0.39 is 26.4 Å². The smallest absolute Gasteiger partial charge is 0.0975 e. The molecule has 0 radical (unpaired) electrons. The van der Waals surface area contributed by atoms with Crippen LogP contribution in [-0.4, -0.2) is 33.6 Å².